The van der Waals surface area contributed by atoms with Gasteiger partial charge in [-0.25, -0.2) is 0 Å². The Hall–Kier alpha value is -0.120. The first-order chi connectivity index (χ1) is 3.31. The quantitative estimate of drug-likeness (QED) is 0.396. The molecule has 2 N–H and O–H groups in total. The van der Waals surface area contributed by atoms with Gasteiger partial charge in [-0.3, -0.25) is 0 Å². The lowest BCUT2D eigenvalue weighted by Gasteiger charge is -1.97. The Balaban J connectivity index is 2.08. The lowest BCUT2D eigenvalue weighted by atomic mass is 10.4. The van der Waals surface area contributed by atoms with E-state index >= 15 is 0 Å². The topological polar surface area (TPSA) is 53.0 Å². The van der Waals surface area contributed by atoms with Gasteiger partial charge in [0, 0.05) is 0 Å². The van der Waals surface area contributed by atoms with Crippen molar-refractivity contribution in [1.82, 2.24) is 0 Å². The number of fused-ring (bicyclic) bond motifs is 1. The third-order valence-electron chi connectivity index (χ3n) is 1.70. The average molecular weight is 102 g/mol. The molecule has 1 aliphatic carbocycles. The summed E-state index contributed by atoms with van der Waals surface area (Å²) < 4.78 is 4.75. The van der Waals surface area contributed by atoms with E-state index in [1.807, 2.05) is 0 Å². The van der Waals surface area contributed by atoms with Gasteiger partial charge in [0.1, 0.15) is 17.8 Å². The van der Waals surface area contributed by atoms with Crippen LogP contribution in [0.4, 0.5) is 0 Å². The second-order valence-electron chi connectivity index (χ2n) is 2.10. The number of aliphatic hydroxyl groups excluding tert-OH is 2. The van der Waals surface area contributed by atoms with E-state index in [-0.39, 0.29) is 18.8 Å². The van der Waals surface area contributed by atoms with Crippen LogP contribution in [0.15, 0.2) is 0 Å². The zero-order chi connectivity index (χ0) is 5.07. The zero-order valence-electron chi connectivity index (χ0n) is 3.66. The third kappa shape index (κ3) is 0.224. The van der Waals surface area contributed by atoms with Crippen molar-refractivity contribution in [3.63, 3.8) is 0 Å². The lowest BCUT2D eigenvalue weighted by Crippen LogP contribution is -2.15. The van der Waals surface area contributed by atoms with Crippen LogP contribution in [0.25, 0.3) is 0 Å². The lowest BCUT2D eigenvalue weighted by molar-refractivity contribution is 0.0290. The molecule has 0 amide bonds. The molecule has 0 bridgehead atoms. The number of epoxide rings is 1. The summed E-state index contributed by atoms with van der Waals surface area (Å²) in [6.45, 7) is -0.0289. The second kappa shape index (κ2) is 0.727. The van der Waals surface area contributed by atoms with Crippen LogP contribution in [0.1, 0.15) is 0 Å². The minimum atomic E-state index is -0.472. The highest BCUT2D eigenvalue weighted by atomic mass is 16.7. The second-order valence-corrected chi connectivity index (χ2v) is 2.10. The highest BCUT2D eigenvalue weighted by molar-refractivity contribution is 5.29. The Morgan fingerprint density at radius 3 is 2.29 bits per heavy atom. The molecule has 7 heavy (non-hydrogen) atoms. The molecule has 2 aliphatic rings. The molecule has 0 radical (unpaired) electrons. The molecule has 3 atom stereocenters. The monoisotopic (exact) mass is 102 g/mol. The van der Waals surface area contributed by atoms with Gasteiger partial charge in [-0.2, -0.15) is 0 Å². The van der Waals surface area contributed by atoms with Gasteiger partial charge in [0.05, 0.1) is 6.61 Å². The summed E-state index contributed by atoms with van der Waals surface area (Å²) in [5.41, 5.74) is -0.472. The zero-order valence-corrected chi connectivity index (χ0v) is 3.66. The summed E-state index contributed by atoms with van der Waals surface area (Å²) in [4.78, 5) is 0. The maximum atomic E-state index is 8.65. The van der Waals surface area contributed by atoms with Gasteiger partial charge in [-0.05, 0) is 0 Å². The van der Waals surface area contributed by atoms with E-state index < -0.39 is 5.60 Å². The predicted molar refractivity (Wildman–Crippen MR) is 20.7 cm³/mol. The summed E-state index contributed by atoms with van der Waals surface area (Å²) in [7, 11) is 0. The Labute approximate surface area is 40.5 Å². The van der Waals surface area contributed by atoms with Crippen molar-refractivity contribution in [2.45, 2.75) is 17.8 Å². The number of aliphatic hydroxyl groups is 2. The van der Waals surface area contributed by atoms with Gasteiger partial charge < -0.3 is 14.9 Å². The molecule has 3 heteroatoms. The molecular formula is C4H6O3. The number of hydrogen-bond acceptors (Lipinski definition) is 3. The van der Waals surface area contributed by atoms with Gasteiger partial charge >= 0.3 is 0 Å². The minimum Gasteiger partial charge on any atom is -0.393 e. The van der Waals surface area contributed by atoms with Crippen LogP contribution >= 0.6 is 0 Å². The number of hydrogen-bond donors (Lipinski definition) is 2. The van der Waals surface area contributed by atoms with E-state index in [1.165, 1.54) is 0 Å². The highest BCUT2D eigenvalue weighted by Gasteiger charge is 2.82. The highest BCUT2D eigenvalue weighted by Crippen LogP contribution is 2.59. The Morgan fingerprint density at radius 2 is 2.29 bits per heavy atom. The molecule has 2 rings (SSSR count). The molecule has 0 unspecified atom stereocenters. The van der Waals surface area contributed by atoms with Crippen LogP contribution in [0.2, 0.25) is 0 Å². The SMILES string of the molecule is OC[C@@]12O[C@@H]1[C@H]2O. The molecule has 0 aromatic rings. The Morgan fingerprint density at radius 1 is 1.71 bits per heavy atom. The molecule has 0 aromatic heterocycles. The van der Waals surface area contributed by atoms with Crippen LogP contribution in [0.3, 0.4) is 0 Å². The van der Waals surface area contributed by atoms with Crippen molar-refractivity contribution in [2.75, 3.05) is 6.61 Å². The molecule has 2 fully saturated rings. The summed E-state index contributed by atoms with van der Waals surface area (Å²) in [6, 6.07) is 0. The van der Waals surface area contributed by atoms with Crippen molar-refractivity contribution in [2.24, 2.45) is 0 Å². The molecule has 0 aromatic carbocycles. The van der Waals surface area contributed by atoms with Crippen LogP contribution in [-0.2, 0) is 4.74 Å². The molecule has 40 valence electrons. The van der Waals surface area contributed by atoms with E-state index in [0.29, 0.717) is 0 Å². The molecular weight excluding hydrogens is 96.0 g/mol. The summed E-state index contributed by atoms with van der Waals surface area (Å²) >= 11 is 0. The van der Waals surface area contributed by atoms with Gasteiger partial charge in [0.15, 0.2) is 0 Å². The smallest absolute Gasteiger partial charge is 0.149 e. The molecule has 1 saturated carbocycles. The average Bonchev–Trinajstić information content (AvgIpc) is 2.49. The Kier molecular flexibility index (Phi) is 0.398. The van der Waals surface area contributed by atoms with E-state index in [0.717, 1.165) is 0 Å². The fourth-order valence-electron chi connectivity index (χ4n) is 0.850. The summed E-state index contributed by atoms with van der Waals surface area (Å²) in [5.74, 6) is 0. The van der Waals surface area contributed by atoms with Gasteiger partial charge in [0.25, 0.3) is 0 Å². The first-order valence-corrected chi connectivity index (χ1v) is 2.28. The summed E-state index contributed by atoms with van der Waals surface area (Å²) in [5, 5.41) is 17.0. The van der Waals surface area contributed by atoms with Crippen LogP contribution < -0.4 is 0 Å². The van der Waals surface area contributed by atoms with E-state index in [4.69, 9.17) is 14.9 Å². The Bertz CT molecular complexity index is 108. The summed E-state index contributed by atoms with van der Waals surface area (Å²) in [6.07, 6.45) is -0.380. The fraction of sp³-hybridized carbons (Fsp3) is 1.00. The minimum absolute atomic E-state index is 0.0162. The number of rotatable bonds is 1. The number of ether oxygens (including phenoxy) is 1. The molecule has 0 spiro atoms. The van der Waals surface area contributed by atoms with Crippen LogP contribution in [0.5, 0.6) is 0 Å². The van der Waals surface area contributed by atoms with Gasteiger partial charge in [-0.15, -0.1) is 0 Å². The standard InChI is InChI=1S/C4H6O3/c5-1-4-2(6)3(4)7-4/h2-3,5-6H,1H2/t2-,3-,4+/m1/s1. The van der Waals surface area contributed by atoms with Crippen molar-refractivity contribution >= 4 is 0 Å². The maximum Gasteiger partial charge on any atom is 0.149 e. The predicted octanol–water partition coefficient (Wildman–Crippen LogP) is -1.51. The third-order valence-corrected chi connectivity index (χ3v) is 1.70. The first kappa shape index (κ1) is 3.83. The maximum absolute atomic E-state index is 8.65. The van der Waals surface area contributed by atoms with Crippen molar-refractivity contribution in [3.8, 4) is 0 Å². The normalized spacial score (nSPS) is 64.3. The van der Waals surface area contributed by atoms with Crippen molar-refractivity contribution in [3.05, 3.63) is 0 Å². The molecule has 3 nitrogen and oxygen atoms in total. The van der Waals surface area contributed by atoms with E-state index in [1.54, 1.807) is 0 Å². The molecule has 1 aliphatic heterocycles. The van der Waals surface area contributed by atoms with Crippen molar-refractivity contribution in [1.29, 1.82) is 0 Å². The van der Waals surface area contributed by atoms with Crippen LogP contribution in [0, 0.1) is 0 Å². The van der Waals surface area contributed by atoms with Crippen molar-refractivity contribution < 1.29 is 14.9 Å². The van der Waals surface area contributed by atoms with Gasteiger partial charge in [-0.1, -0.05) is 0 Å². The van der Waals surface area contributed by atoms with Gasteiger partial charge in [0.2, 0.25) is 0 Å². The first-order valence-electron chi connectivity index (χ1n) is 2.28. The largest absolute Gasteiger partial charge is 0.393 e. The fourth-order valence-corrected chi connectivity index (χ4v) is 0.850. The van der Waals surface area contributed by atoms with E-state index in [2.05, 4.69) is 0 Å². The van der Waals surface area contributed by atoms with Crippen LogP contribution in [-0.4, -0.2) is 34.6 Å². The molecule has 1 saturated heterocycles. The molecule has 1 heterocycles. The van der Waals surface area contributed by atoms with E-state index in [9.17, 15) is 0 Å².